The van der Waals surface area contributed by atoms with Gasteiger partial charge in [0.1, 0.15) is 0 Å². The highest BCUT2D eigenvalue weighted by Crippen LogP contribution is 2.14. The van der Waals surface area contributed by atoms with Crippen LogP contribution in [0.25, 0.3) is 0 Å². The van der Waals surface area contributed by atoms with Crippen molar-refractivity contribution in [1.82, 2.24) is 4.31 Å². The minimum absolute atomic E-state index is 0.293. The topological polar surface area (TPSA) is 54.5 Å². The van der Waals surface area contributed by atoms with Gasteiger partial charge in [-0.15, -0.1) is 0 Å². The maximum Gasteiger partial charge on any atom is 0.267 e. The average Bonchev–Trinajstić information content (AvgIpc) is 2.27. The summed E-state index contributed by atoms with van der Waals surface area (Å²) >= 11 is 5.69. The summed E-state index contributed by atoms with van der Waals surface area (Å²) < 4.78 is 24.3. The number of carbonyl (C=O) groups excluding carboxylic acids is 1. The van der Waals surface area contributed by atoms with E-state index in [-0.39, 0.29) is 0 Å². The average molecular weight is 276 g/mol. The van der Waals surface area contributed by atoms with Crippen molar-refractivity contribution in [1.29, 1.82) is 0 Å². The molecule has 1 rings (SSSR count). The van der Waals surface area contributed by atoms with Crippen molar-refractivity contribution in [2.75, 3.05) is 7.05 Å². The zero-order valence-corrected chi connectivity index (χ0v) is 11.4. The first kappa shape index (κ1) is 14.0. The van der Waals surface area contributed by atoms with E-state index in [4.69, 9.17) is 11.6 Å². The molecule has 0 heterocycles. The van der Waals surface area contributed by atoms with E-state index in [1.807, 2.05) is 0 Å². The van der Waals surface area contributed by atoms with E-state index in [0.29, 0.717) is 10.6 Å². The lowest BCUT2D eigenvalue weighted by atomic mass is 10.2. The fourth-order valence-corrected chi connectivity index (χ4v) is 2.30. The van der Waals surface area contributed by atoms with Crippen LogP contribution >= 0.6 is 11.6 Å². The van der Waals surface area contributed by atoms with E-state index >= 15 is 0 Å². The van der Waals surface area contributed by atoms with Crippen LogP contribution in [0.5, 0.6) is 0 Å². The molecule has 0 aliphatic heterocycles. The van der Waals surface area contributed by atoms with Crippen molar-refractivity contribution in [2.24, 2.45) is 0 Å². The molecule has 0 aliphatic rings. The van der Waals surface area contributed by atoms with Crippen molar-refractivity contribution >= 4 is 27.5 Å². The number of nitrogens with zero attached hydrogens (tertiary/aromatic N) is 1. The fraction of sp³-hybridized carbons (Fsp3) is 0.364. The highest BCUT2D eigenvalue weighted by molar-refractivity contribution is 7.90. The summed E-state index contributed by atoms with van der Waals surface area (Å²) in [6, 6.07) is 6.09. The predicted molar refractivity (Wildman–Crippen MR) is 67.6 cm³/mol. The van der Waals surface area contributed by atoms with Crippen LogP contribution in [0.4, 0.5) is 0 Å². The molecule has 0 radical (unpaired) electrons. The van der Waals surface area contributed by atoms with Gasteiger partial charge in [-0.1, -0.05) is 11.6 Å². The van der Waals surface area contributed by atoms with Crippen molar-refractivity contribution in [2.45, 2.75) is 19.1 Å². The Morgan fingerprint density at radius 1 is 1.24 bits per heavy atom. The van der Waals surface area contributed by atoms with Crippen molar-refractivity contribution in [3.05, 3.63) is 34.9 Å². The summed E-state index contributed by atoms with van der Waals surface area (Å²) in [5.41, 5.74) is 0.293. The van der Waals surface area contributed by atoms with E-state index in [2.05, 4.69) is 0 Å². The maximum atomic E-state index is 11.9. The van der Waals surface area contributed by atoms with Gasteiger partial charge < -0.3 is 0 Å². The van der Waals surface area contributed by atoms with Crippen LogP contribution in [-0.4, -0.2) is 30.9 Å². The Morgan fingerprint density at radius 3 is 2.12 bits per heavy atom. The van der Waals surface area contributed by atoms with Crippen LogP contribution in [0.15, 0.2) is 24.3 Å². The third-order valence-electron chi connectivity index (χ3n) is 2.35. The Balaban J connectivity index is 3.03. The lowest BCUT2D eigenvalue weighted by Gasteiger charge is -2.19. The molecule has 0 atom stereocenters. The zero-order chi connectivity index (χ0) is 13.2. The summed E-state index contributed by atoms with van der Waals surface area (Å²) in [5.74, 6) is -0.560. The summed E-state index contributed by atoms with van der Waals surface area (Å²) in [4.78, 5) is 11.9. The van der Waals surface area contributed by atoms with Gasteiger partial charge in [0.05, 0.1) is 5.25 Å². The number of sulfonamides is 1. The fourth-order valence-electron chi connectivity index (χ4n) is 1.21. The molecule has 0 saturated heterocycles. The van der Waals surface area contributed by atoms with Gasteiger partial charge in [-0.25, -0.2) is 12.7 Å². The SMILES string of the molecule is CC(C)S(=O)(=O)N(C)C(=O)c1ccc(Cl)cc1. The normalized spacial score (nSPS) is 11.6. The number of hydrogen-bond donors (Lipinski definition) is 0. The van der Waals surface area contributed by atoms with E-state index in [1.54, 1.807) is 12.1 Å². The number of amides is 1. The number of carbonyl (C=O) groups is 1. The molecule has 0 unspecified atom stereocenters. The Labute approximate surface area is 106 Å². The van der Waals surface area contributed by atoms with Crippen LogP contribution < -0.4 is 0 Å². The lowest BCUT2D eigenvalue weighted by molar-refractivity contribution is 0.0882. The Hall–Kier alpha value is -1.07. The van der Waals surface area contributed by atoms with Crippen LogP contribution in [0.2, 0.25) is 5.02 Å². The molecule has 0 aliphatic carbocycles. The molecule has 4 nitrogen and oxygen atoms in total. The summed E-state index contributed by atoms with van der Waals surface area (Å²) in [6.07, 6.45) is 0. The van der Waals surface area contributed by atoms with Gasteiger partial charge in [0.25, 0.3) is 5.91 Å². The second kappa shape index (κ2) is 5.06. The van der Waals surface area contributed by atoms with Crippen LogP contribution in [0.1, 0.15) is 24.2 Å². The van der Waals surface area contributed by atoms with Crippen molar-refractivity contribution in [3.8, 4) is 0 Å². The summed E-state index contributed by atoms with van der Waals surface area (Å²) in [6.45, 7) is 3.06. The predicted octanol–water partition coefficient (Wildman–Crippen LogP) is 2.15. The molecule has 1 aromatic rings. The molecule has 6 heteroatoms. The molecule has 17 heavy (non-hydrogen) atoms. The summed E-state index contributed by atoms with van der Waals surface area (Å²) in [7, 11) is -2.33. The number of hydrogen-bond acceptors (Lipinski definition) is 3. The van der Waals surface area contributed by atoms with E-state index < -0.39 is 21.2 Å². The Kier molecular flexibility index (Phi) is 4.16. The molecule has 1 aromatic carbocycles. The van der Waals surface area contributed by atoms with E-state index in [9.17, 15) is 13.2 Å². The Morgan fingerprint density at radius 2 is 1.71 bits per heavy atom. The van der Waals surface area contributed by atoms with Crippen molar-refractivity contribution in [3.63, 3.8) is 0 Å². The largest absolute Gasteiger partial charge is 0.268 e. The van der Waals surface area contributed by atoms with Crippen LogP contribution in [0.3, 0.4) is 0 Å². The molecule has 0 spiro atoms. The molecule has 0 saturated carbocycles. The molecule has 0 N–H and O–H groups in total. The second-order valence-corrected chi connectivity index (χ2v) is 6.83. The minimum Gasteiger partial charge on any atom is -0.268 e. The molecular weight excluding hydrogens is 262 g/mol. The van der Waals surface area contributed by atoms with Crippen molar-refractivity contribution < 1.29 is 13.2 Å². The smallest absolute Gasteiger partial charge is 0.267 e. The molecule has 0 aromatic heterocycles. The number of benzene rings is 1. The molecule has 1 amide bonds. The second-order valence-electron chi connectivity index (χ2n) is 3.87. The Bertz CT molecular complexity index is 508. The first-order chi connectivity index (χ1) is 7.76. The summed E-state index contributed by atoms with van der Waals surface area (Å²) in [5, 5.41) is -0.139. The molecule has 94 valence electrons. The van der Waals surface area contributed by atoms with Gasteiger partial charge in [0.15, 0.2) is 0 Å². The first-order valence-corrected chi connectivity index (χ1v) is 6.92. The van der Waals surface area contributed by atoms with Crippen LogP contribution in [-0.2, 0) is 10.0 Å². The van der Waals surface area contributed by atoms with Gasteiger partial charge in [-0.3, -0.25) is 4.79 Å². The molecular formula is C11H14ClNO3S. The monoisotopic (exact) mass is 275 g/mol. The quantitative estimate of drug-likeness (QED) is 0.849. The van der Waals surface area contributed by atoms with Crippen LogP contribution in [0, 0.1) is 0 Å². The number of rotatable bonds is 3. The number of halogens is 1. The van der Waals surface area contributed by atoms with E-state index in [0.717, 1.165) is 4.31 Å². The van der Waals surface area contributed by atoms with Gasteiger partial charge in [-0.05, 0) is 38.1 Å². The standard InChI is InChI=1S/C11H14ClNO3S/c1-8(2)17(15,16)13(3)11(14)9-4-6-10(12)7-5-9/h4-8H,1-3H3. The third kappa shape index (κ3) is 2.98. The minimum atomic E-state index is -3.58. The van der Waals surface area contributed by atoms with Gasteiger partial charge >= 0.3 is 0 Å². The van der Waals surface area contributed by atoms with Gasteiger partial charge in [0, 0.05) is 17.6 Å². The highest BCUT2D eigenvalue weighted by Gasteiger charge is 2.27. The highest BCUT2D eigenvalue weighted by atomic mass is 35.5. The van der Waals surface area contributed by atoms with Gasteiger partial charge in [0.2, 0.25) is 10.0 Å². The van der Waals surface area contributed by atoms with Gasteiger partial charge in [-0.2, -0.15) is 0 Å². The zero-order valence-electron chi connectivity index (χ0n) is 9.84. The maximum absolute atomic E-state index is 11.9. The van der Waals surface area contributed by atoms with E-state index in [1.165, 1.54) is 33.0 Å². The first-order valence-electron chi connectivity index (χ1n) is 5.04. The molecule has 0 fully saturated rings. The molecule has 0 bridgehead atoms. The third-order valence-corrected chi connectivity index (χ3v) is 4.73. The lowest BCUT2D eigenvalue weighted by Crippen LogP contribution is -2.37.